The number of aliphatic carboxylic acids is 4. The molecule has 2 amide bonds. The van der Waals surface area contributed by atoms with E-state index in [0.717, 1.165) is 6.42 Å². The fourth-order valence-corrected chi connectivity index (χ4v) is 2.82. The van der Waals surface area contributed by atoms with E-state index in [-0.39, 0.29) is 56.3 Å². The lowest BCUT2D eigenvalue weighted by Gasteiger charge is -2.06. The van der Waals surface area contributed by atoms with Crippen LogP contribution in [0, 0.1) is 5.92 Å². The van der Waals surface area contributed by atoms with E-state index in [1.54, 1.807) is 6.92 Å². The van der Waals surface area contributed by atoms with E-state index >= 15 is 0 Å². The van der Waals surface area contributed by atoms with E-state index in [1.807, 2.05) is 0 Å². The maximum Gasteiger partial charge on any atom is 0.320 e. The standard InChI is InChI=1S/C11H19NO5.C10H18N2O5.C4H4O3/c1-8(11(16)17)4-2-3-7-12-9(13)5-6-10(14)15;11-7(10(16)17)3-1-2-6-12-8(13)4-5-9(14)15;5-3-1-2-4(6)7-3/h8H,2-7H2,1H3,(H,12,13)(H,14,15)(H,16,17);7H,1-6,11H2,(H,12,13)(H,14,15)(H,16,17);1-2H2. The number of carbonyl (C=O) groups excluding carboxylic acids is 4. The minimum absolute atomic E-state index is 0.0130. The summed E-state index contributed by atoms with van der Waals surface area (Å²) in [6.07, 6.45) is 3.73. The summed E-state index contributed by atoms with van der Waals surface area (Å²) < 4.78 is 4.08. The van der Waals surface area contributed by atoms with Crippen LogP contribution in [0.4, 0.5) is 0 Å². The molecule has 2 unspecified atom stereocenters. The number of rotatable bonds is 18. The summed E-state index contributed by atoms with van der Waals surface area (Å²) >= 11 is 0. The van der Waals surface area contributed by atoms with Crippen molar-refractivity contribution in [3.63, 3.8) is 0 Å². The second-order valence-electron chi connectivity index (χ2n) is 9.01. The van der Waals surface area contributed by atoms with Crippen LogP contribution in [-0.2, 0) is 43.1 Å². The van der Waals surface area contributed by atoms with Crippen molar-refractivity contribution in [1.82, 2.24) is 10.6 Å². The van der Waals surface area contributed by atoms with Gasteiger partial charge in [0.05, 0.1) is 31.6 Å². The third-order valence-electron chi connectivity index (χ3n) is 5.28. The van der Waals surface area contributed by atoms with Gasteiger partial charge in [-0.3, -0.25) is 38.4 Å². The third-order valence-corrected chi connectivity index (χ3v) is 5.28. The van der Waals surface area contributed by atoms with Crippen molar-refractivity contribution in [2.24, 2.45) is 11.7 Å². The second kappa shape index (κ2) is 23.8. The maximum absolute atomic E-state index is 11.1. The largest absolute Gasteiger partial charge is 0.481 e. The molecule has 1 rings (SSSR count). The molecule has 1 aliphatic heterocycles. The number of unbranched alkanes of at least 4 members (excludes halogenated alkanes) is 2. The summed E-state index contributed by atoms with van der Waals surface area (Å²) in [5, 5.41) is 38.9. The van der Waals surface area contributed by atoms with Crippen LogP contribution in [-0.4, -0.2) is 87.2 Å². The highest BCUT2D eigenvalue weighted by molar-refractivity contribution is 5.92. The molecule has 0 radical (unpaired) electrons. The summed E-state index contributed by atoms with van der Waals surface area (Å²) in [5.74, 6) is -5.59. The highest BCUT2D eigenvalue weighted by atomic mass is 16.6. The number of carboxylic acid groups (broad SMARTS) is 4. The van der Waals surface area contributed by atoms with Crippen LogP contribution in [0.25, 0.3) is 0 Å². The van der Waals surface area contributed by atoms with Crippen molar-refractivity contribution in [3.05, 3.63) is 0 Å². The number of nitrogens with one attached hydrogen (secondary N) is 2. The van der Waals surface area contributed by atoms with E-state index in [1.165, 1.54) is 0 Å². The highest BCUT2D eigenvalue weighted by Gasteiger charge is 2.19. The zero-order valence-corrected chi connectivity index (χ0v) is 23.1. The first-order valence-corrected chi connectivity index (χ1v) is 13.1. The number of hydrogen-bond donors (Lipinski definition) is 7. The van der Waals surface area contributed by atoms with Gasteiger partial charge >= 0.3 is 35.8 Å². The predicted octanol–water partition coefficient (Wildman–Crippen LogP) is 0.258. The molecular formula is C25H41N3O13. The smallest absolute Gasteiger partial charge is 0.320 e. The lowest BCUT2D eigenvalue weighted by Crippen LogP contribution is -2.30. The van der Waals surface area contributed by atoms with Gasteiger partial charge in [0.15, 0.2) is 0 Å². The fourth-order valence-electron chi connectivity index (χ4n) is 2.82. The topological polar surface area (TPSA) is 277 Å². The quantitative estimate of drug-likeness (QED) is 0.0639. The molecule has 16 heteroatoms. The molecule has 0 spiro atoms. The van der Waals surface area contributed by atoms with Crippen molar-refractivity contribution in [2.45, 2.75) is 90.0 Å². The first-order chi connectivity index (χ1) is 19.1. The Morgan fingerprint density at radius 1 is 0.707 bits per heavy atom. The molecule has 0 aromatic carbocycles. The Morgan fingerprint density at radius 3 is 1.44 bits per heavy atom. The Kier molecular flexibility index (Phi) is 22.7. The number of ether oxygens (including phenoxy) is 1. The predicted molar refractivity (Wildman–Crippen MR) is 140 cm³/mol. The van der Waals surface area contributed by atoms with Crippen LogP contribution in [0.1, 0.15) is 84.0 Å². The van der Waals surface area contributed by atoms with Crippen LogP contribution in [0.2, 0.25) is 0 Å². The Hall–Kier alpha value is -4.08. The van der Waals surface area contributed by atoms with Gasteiger partial charge in [0.1, 0.15) is 6.04 Å². The van der Waals surface area contributed by atoms with Gasteiger partial charge in [-0.1, -0.05) is 13.3 Å². The van der Waals surface area contributed by atoms with E-state index in [9.17, 15) is 38.4 Å². The number of carboxylic acids is 4. The molecule has 8 N–H and O–H groups in total. The number of amides is 2. The first kappa shape index (κ1) is 39.1. The Morgan fingerprint density at radius 2 is 1.12 bits per heavy atom. The molecule has 0 aromatic rings. The average molecular weight is 592 g/mol. The van der Waals surface area contributed by atoms with Crippen molar-refractivity contribution in [1.29, 1.82) is 0 Å². The minimum Gasteiger partial charge on any atom is -0.481 e. The Bertz CT molecular complexity index is 822. The van der Waals surface area contributed by atoms with Gasteiger partial charge in [0, 0.05) is 25.9 Å². The molecule has 234 valence electrons. The van der Waals surface area contributed by atoms with Gasteiger partial charge in [-0.2, -0.15) is 0 Å². The number of esters is 2. The molecular weight excluding hydrogens is 550 g/mol. The number of carbonyl (C=O) groups is 8. The van der Waals surface area contributed by atoms with Gasteiger partial charge in [-0.15, -0.1) is 0 Å². The molecule has 0 aromatic heterocycles. The highest BCUT2D eigenvalue weighted by Crippen LogP contribution is 2.07. The van der Waals surface area contributed by atoms with Crippen molar-refractivity contribution >= 4 is 47.6 Å². The molecule has 1 aliphatic rings. The molecule has 41 heavy (non-hydrogen) atoms. The lowest BCUT2D eigenvalue weighted by atomic mass is 10.0. The zero-order chi connectivity index (χ0) is 31.8. The van der Waals surface area contributed by atoms with Crippen LogP contribution in [0.15, 0.2) is 0 Å². The summed E-state index contributed by atoms with van der Waals surface area (Å²) in [4.78, 5) is 83.4. The number of nitrogens with two attached hydrogens (primary N) is 1. The molecule has 0 aliphatic carbocycles. The minimum atomic E-state index is -1.03. The van der Waals surface area contributed by atoms with E-state index in [4.69, 9.17) is 26.2 Å². The monoisotopic (exact) mass is 591 g/mol. The molecule has 2 atom stereocenters. The van der Waals surface area contributed by atoms with Gasteiger partial charge < -0.3 is 41.5 Å². The van der Waals surface area contributed by atoms with Crippen LogP contribution in [0.5, 0.6) is 0 Å². The van der Waals surface area contributed by atoms with Crippen molar-refractivity contribution < 1.29 is 63.5 Å². The molecule has 0 bridgehead atoms. The molecule has 1 saturated heterocycles. The van der Waals surface area contributed by atoms with Gasteiger partial charge in [0.25, 0.3) is 0 Å². The SMILES string of the molecule is CC(CCCCNC(=O)CCC(=O)O)C(=O)O.NC(CCCCNC(=O)CCC(=O)O)C(=O)O.O=C1CCC(=O)O1. The Balaban J connectivity index is 0. The van der Waals surface area contributed by atoms with Crippen molar-refractivity contribution in [3.8, 4) is 0 Å². The summed E-state index contributed by atoms with van der Waals surface area (Å²) in [5.41, 5.74) is 5.29. The second-order valence-corrected chi connectivity index (χ2v) is 9.01. The molecule has 0 saturated carbocycles. The number of cyclic esters (lactones) is 2. The van der Waals surface area contributed by atoms with E-state index < -0.39 is 41.9 Å². The lowest BCUT2D eigenvalue weighted by molar-refractivity contribution is -0.152. The first-order valence-electron chi connectivity index (χ1n) is 13.1. The zero-order valence-electron chi connectivity index (χ0n) is 23.1. The summed E-state index contributed by atoms with van der Waals surface area (Å²) in [7, 11) is 0. The summed E-state index contributed by atoms with van der Waals surface area (Å²) in [6, 6.07) is -0.863. The van der Waals surface area contributed by atoms with Crippen molar-refractivity contribution in [2.75, 3.05) is 13.1 Å². The fraction of sp³-hybridized carbons (Fsp3) is 0.680. The van der Waals surface area contributed by atoms with E-state index in [0.29, 0.717) is 45.2 Å². The molecule has 1 fully saturated rings. The maximum atomic E-state index is 11.1. The van der Waals surface area contributed by atoms with Gasteiger partial charge in [0.2, 0.25) is 11.8 Å². The van der Waals surface area contributed by atoms with Gasteiger partial charge in [-0.25, -0.2) is 0 Å². The normalized spacial score (nSPS) is 13.2. The van der Waals surface area contributed by atoms with Crippen LogP contribution in [0.3, 0.4) is 0 Å². The molecule has 16 nitrogen and oxygen atoms in total. The molecule has 1 heterocycles. The van der Waals surface area contributed by atoms with Crippen LogP contribution < -0.4 is 16.4 Å². The number of hydrogen-bond acceptors (Lipinski definition) is 10. The average Bonchev–Trinajstić information content (AvgIpc) is 3.28. The third kappa shape index (κ3) is 27.3. The van der Waals surface area contributed by atoms with Crippen LogP contribution >= 0.6 is 0 Å². The van der Waals surface area contributed by atoms with E-state index in [2.05, 4.69) is 15.4 Å². The Labute approximate surface area is 237 Å². The summed E-state index contributed by atoms with van der Waals surface area (Å²) in [6.45, 7) is 2.52. The van der Waals surface area contributed by atoms with Gasteiger partial charge in [-0.05, 0) is 32.1 Å².